The fourth-order valence-corrected chi connectivity index (χ4v) is 1.44. The minimum Gasteiger partial charge on any atom is -0.183 e. The van der Waals surface area contributed by atoms with E-state index >= 15 is 0 Å². The summed E-state index contributed by atoms with van der Waals surface area (Å²) in [6.45, 7) is 2.03. The highest BCUT2D eigenvalue weighted by molar-refractivity contribution is 5.46. The van der Waals surface area contributed by atoms with E-state index < -0.39 is 0 Å². The summed E-state index contributed by atoms with van der Waals surface area (Å²) in [4.78, 5) is 0. The van der Waals surface area contributed by atoms with Crippen molar-refractivity contribution in [2.24, 2.45) is 10.2 Å². The molecule has 0 saturated heterocycles. The molecule has 0 aliphatic heterocycles. The van der Waals surface area contributed by atoms with Gasteiger partial charge in [0.2, 0.25) is 0 Å². The van der Waals surface area contributed by atoms with Crippen LogP contribution in [0.5, 0.6) is 0 Å². The van der Waals surface area contributed by atoms with Gasteiger partial charge in [-0.05, 0) is 43.3 Å². The Balaban J connectivity index is 0.000000593. The minimum absolute atomic E-state index is 0.753. The van der Waals surface area contributed by atoms with Crippen molar-refractivity contribution in [3.05, 3.63) is 59.7 Å². The lowest BCUT2D eigenvalue weighted by Crippen LogP contribution is -1.72. The van der Waals surface area contributed by atoms with Gasteiger partial charge in [0.25, 0.3) is 0 Å². The van der Waals surface area contributed by atoms with Gasteiger partial charge in [-0.2, -0.15) is 26.0 Å². The van der Waals surface area contributed by atoms with E-state index in [1.54, 1.807) is 6.07 Å². The van der Waals surface area contributed by atoms with E-state index in [0.717, 1.165) is 16.9 Å². The third kappa shape index (κ3) is 6.87. The summed E-state index contributed by atoms with van der Waals surface area (Å²) in [5, 5.41) is 31.2. The zero-order valence-corrected chi connectivity index (χ0v) is 12.4. The van der Waals surface area contributed by atoms with Gasteiger partial charge < -0.3 is 0 Å². The van der Waals surface area contributed by atoms with Crippen LogP contribution >= 0.6 is 0 Å². The molecule has 2 rings (SSSR count). The van der Waals surface area contributed by atoms with Gasteiger partial charge in [0.05, 0.1) is 11.4 Å². The highest BCUT2D eigenvalue weighted by atomic mass is 15.1. The Morgan fingerprint density at radius 1 is 0.696 bits per heavy atom. The highest BCUT2D eigenvalue weighted by Gasteiger charge is 1.92. The molecule has 0 aliphatic carbocycles. The SMILES string of the molecule is Cc1ccc(N=Nc2ccc(C#CC#N)cc2)cc1.N#CC#N. The standard InChI is InChI=1S/C16H11N3.C2N2/c1-13-4-8-15(9-5-13)18-19-16-10-6-14(7-11-16)3-2-12-17;3-1-2-4/h4-11H,1H3;. The molecule has 0 atom stereocenters. The molecule has 0 aromatic heterocycles. The molecule has 5 nitrogen and oxygen atoms in total. The van der Waals surface area contributed by atoms with Crippen LogP contribution in [0.15, 0.2) is 58.8 Å². The van der Waals surface area contributed by atoms with E-state index in [-0.39, 0.29) is 0 Å². The largest absolute Gasteiger partial charge is 0.183 e. The van der Waals surface area contributed by atoms with Crippen LogP contribution in [0, 0.1) is 52.8 Å². The summed E-state index contributed by atoms with van der Waals surface area (Å²) >= 11 is 0. The first-order valence-corrected chi connectivity index (χ1v) is 6.46. The molecule has 0 unspecified atom stereocenters. The number of aryl methyl sites for hydroxylation is 1. The second kappa shape index (κ2) is 9.89. The average molecular weight is 297 g/mol. The van der Waals surface area contributed by atoms with Crippen molar-refractivity contribution in [1.29, 1.82) is 15.8 Å². The van der Waals surface area contributed by atoms with Crippen LogP contribution in [0.1, 0.15) is 11.1 Å². The Morgan fingerprint density at radius 2 is 1.17 bits per heavy atom. The zero-order valence-electron chi connectivity index (χ0n) is 12.4. The summed E-state index contributed by atoms with van der Waals surface area (Å²) in [7, 11) is 0. The maximum absolute atomic E-state index is 8.35. The van der Waals surface area contributed by atoms with Crippen LogP contribution < -0.4 is 0 Å². The third-order valence-electron chi connectivity index (χ3n) is 2.49. The number of hydrogen-bond donors (Lipinski definition) is 0. The van der Waals surface area contributed by atoms with Gasteiger partial charge in [0.15, 0.2) is 18.2 Å². The van der Waals surface area contributed by atoms with Crippen LogP contribution in [-0.2, 0) is 0 Å². The Hall–Kier alpha value is -3.93. The second-order valence-electron chi connectivity index (χ2n) is 4.17. The predicted octanol–water partition coefficient (Wildman–Crippen LogP) is 4.32. The van der Waals surface area contributed by atoms with Crippen LogP contribution in [0.3, 0.4) is 0 Å². The van der Waals surface area contributed by atoms with E-state index in [0.29, 0.717) is 0 Å². The third-order valence-corrected chi connectivity index (χ3v) is 2.49. The van der Waals surface area contributed by atoms with Crippen LogP contribution in [0.25, 0.3) is 0 Å². The number of rotatable bonds is 2. The molecule has 0 amide bonds. The molecule has 0 heterocycles. The first-order valence-electron chi connectivity index (χ1n) is 6.46. The zero-order chi connectivity index (χ0) is 16.9. The smallest absolute Gasteiger partial charge is 0.181 e. The summed E-state index contributed by atoms with van der Waals surface area (Å²) in [6.07, 6.45) is 0. The number of nitriles is 3. The molecule has 108 valence electrons. The van der Waals surface area contributed by atoms with Crippen molar-refractivity contribution in [1.82, 2.24) is 0 Å². The normalized spacial score (nSPS) is 8.43. The predicted molar refractivity (Wildman–Crippen MR) is 85.5 cm³/mol. The molecular formula is C18H11N5. The summed E-state index contributed by atoms with van der Waals surface area (Å²) in [6, 6.07) is 19.3. The molecule has 0 bridgehead atoms. The summed E-state index contributed by atoms with van der Waals surface area (Å²) in [5.41, 5.74) is 3.55. The topological polar surface area (TPSA) is 96.1 Å². The number of azo groups is 1. The fourth-order valence-electron chi connectivity index (χ4n) is 1.44. The van der Waals surface area contributed by atoms with Gasteiger partial charge in [-0.25, -0.2) is 0 Å². The Labute approximate surface area is 134 Å². The molecule has 0 fully saturated rings. The van der Waals surface area contributed by atoms with Crippen molar-refractivity contribution in [3.8, 4) is 30.0 Å². The van der Waals surface area contributed by atoms with Crippen LogP contribution in [0.2, 0.25) is 0 Å². The lowest BCUT2D eigenvalue weighted by atomic mass is 10.2. The number of benzene rings is 2. The lowest BCUT2D eigenvalue weighted by molar-refractivity contribution is 1.23. The van der Waals surface area contributed by atoms with Gasteiger partial charge >= 0.3 is 0 Å². The van der Waals surface area contributed by atoms with Crippen LogP contribution in [-0.4, -0.2) is 0 Å². The first kappa shape index (κ1) is 17.1. The van der Waals surface area contributed by atoms with Gasteiger partial charge in [-0.15, -0.1) is 0 Å². The van der Waals surface area contributed by atoms with Crippen molar-refractivity contribution < 1.29 is 0 Å². The molecule has 0 radical (unpaired) electrons. The molecule has 0 spiro atoms. The number of nitrogens with zero attached hydrogens (tertiary/aromatic N) is 5. The first-order chi connectivity index (χ1) is 11.2. The molecule has 2 aromatic rings. The maximum atomic E-state index is 8.35. The van der Waals surface area contributed by atoms with Gasteiger partial charge in [0.1, 0.15) is 0 Å². The van der Waals surface area contributed by atoms with Crippen molar-refractivity contribution in [2.75, 3.05) is 0 Å². The van der Waals surface area contributed by atoms with Crippen molar-refractivity contribution in [2.45, 2.75) is 6.92 Å². The Kier molecular flexibility index (Phi) is 7.36. The molecule has 2 aromatic carbocycles. The lowest BCUT2D eigenvalue weighted by Gasteiger charge is -1.95. The minimum atomic E-state index is 0.753. The number of hydrogen-bond acceptors (Lipinski definition) is 5. The molecule has 5 heteroatoms. The Morgan fingerprint density at radius 3 is 1.61 bits per heavy atom. The van der Waals surface area contributed by atoms with Crippen molar-refractivity contribution in [3.63, 3.8) is 0 Å². The van der Waals surface area contributed by atoms with E-state index in [9.17, 15) is 0 Å². The molecule has 23 heavy (non-hydrogen) atoms. The van der Waals surface area contributed by atoms with E-state index in [1.165, 1.54) is 17.7 Å². The maximum Gasteiger partial charge on any atom is 0.181 e. The Bertz CT molecular complexity index is 834. The summed E-state index contributed by atoms with van der Waals surface area (Å²) in [5.74, 6) is 5.07. The molecule has 0 aliphatic rings. The average Bonchev–Trinajstić information content (AvgIpc) is 2.60. The summed E-state index contributed by atoms with van der Waals surface area (Å²) < 4.78 is 0. The quantitative estimate of drug-likeness (QED) is 0.609. The van der Waals surface area contributed by atoms with E-state index in [2.05, 4.69) is 22.1 Å². The van der Waals surface area contributed by atoms with Gasteiger partial charge in [0, 0.05) is 11.5 Å². The van der Waals surface area contributed by atoms with Gasteiger partial charge in [-0.3, -0.25) is 0 Å². The van der Waals surface area contributed by atoms with Crippen molar-refractivity contribution >= 4 is 11.4 Å². The monoisotopic (exact) mass is 297 g/mol. The van der Waals surface area contributed by atoms with E-state index in [4.69, 9.17) is 15.8 Å². The molecule has 0 N–H and O–H groups in total. The fraction of sp³-hybridized carbons (Fsp3) is 0.0556. The second-order valence-corrected chi connectivity index (χ2v) is 4.17. The van der Waals surface area contributed by atoms with Crippen LogP contribution in [0.4, 0.5) is 11.4 Å². The molecule has 0 saturated carbocycles. The molecular weight excluding hydrogens is 286 g/mol. The van der Waals surface area contributed by atoms with Gasteiger partial charge in [-0.1, -0.05) is 23.6 Å². The van der Waals surface area contributed by atoms with E-state index in [1.807, 2.05) is 55.5 Å². The highest BCUT2D eigenvalue weighted by Crippen LogP contribution is 2.18.